The highest BCUT2D eigenvalue weighted by Gasteiger charge is 2.12. The first kappa shape index (κ1) is 17.1. The van der Waals surface area contributed by atoms with Gasteiger partial charge in [-0.1, -0.05) is 47.5 Å². The van der Waals surface area contributed by atoms with E-state index in [0.29, 0.717) is 5.56 Å². The molecule has 0 atom stereocenters. The van der Waals surface area contributed by atoms with Gasteiger partial charge in [0.25, 0.3) is 5.91 Å². The van der Waals surface area contributed by atoms with E-state index in [1.54, 1.807) is 6.07 Å². The number of nitrogens with zero attached hydrogens (tertiary/aromatic N) is 1. The average molecular weight is 375 g/mol. The van der Waals surface area contributed by atoms with E-state index in [9.17, 15) is 15.0 Å². The Labute approximate surface area is 153 Å². The Morgan fingerprint density at radius 2 is 1.60 bits per heavy atom. The van der Waals surface area contributed by atoms with E-state index in [1.165, 1.54) is 24.4 Å². The van der Waals surface area contributed by atoms with Gasteiger partial charge in [0, 0.05) is 0 Å². The van der Waals surface area contributed by atoms with Crippen LogP contribution in [-0.2, 0) is 0 Å². The van der Waals surface area contributed by atoms with Crippen LogP contribution in [0.5, 0.6) is 11.5 Å². The number of hydrogen-bond donors (Lipinski definition) is 3. The topological polar surface area (TPSA) is 81.9 Å². The first-order chi connectivity index (χ1) is 12.0. The summed E-state index contributed by atoms with van der Waals surface area (Å²) in [6, 6.07) is 13.4. The first-order valence-electron chi connectivity index (χ1n) is 7.19. The number of nitrogens with one attached hydrogen (secondary N) is 1. The number of aromatic hydroxyl groups is 2. The molecule has 0 spiro atoms. The Hall–Kier alpha value is -2.76. The molecule has 3 aromatic carbocycles. The zero-order chi connectivity index (χ0) is 18.0. The minimum absolute atomic E-state index is 0.0763. The maximum atomic E-state index is 12.2. The molecule has 0 aliphatic heterocycles. The number of carbonyl (C=O) groups excluding carboxylic acids is 1. The highest BCUT2D eigenvalue weighted by atomic mass is 35.5. The Morgan fingerprint density at radius 3 is 2.24 bits per heavy atom. The smallest absolute Gasteiger partial charge is 0.275 e. The van der Waals surface area contributed by atoms with E-state index < -0.39 is 5.91 Å². The van der Waals surface area contributed by atoms with Crippen molar-refractivity contribution < 1.29 is 15.0 Å². The van der Waals surface area contributed by atoms with Gasteiger partial charge in [0.1, 0.15) is 5.75 Å². The molecule has 3 aromatic rings. The third-order valence-corrected chi connectivity index (χ3v) is 4.10. The predicted octanol–water partition coefficient (Wildman–Crippen LogP) is 4.32. The van der Waals surface area contributed by atoms with Gasteiger partial charge in [-0.15, -0.1) is 0 Å². The summed E-state index contributed by atoms with van der Waals surface area (Å²) in [5.41, 5.74) is 2.93. The number of phenolic OH excluding ortho intramolecular Hbond substituents is 2. The van der Waals surface area contributed by atoms with E-state index in [2.05, 4.69) is 10.5 Å². The van der Waals surface area contributed by atoms with Crippen molar-refractivity contribution in [3.63, 3.8) is 0 Å². The van der Waals surface area contributed by atoms with Gasteiger partial charge in [-0.25, -0.2) is 5.43 Å². The fraction of sp³-hybridized carbons (Fsp3) is 0. The number of halogens is 2. The average Bonchev–Trinajstić information content (AvgIpc) is 2.58. The highest BCUT2D eigenvalue weighted by molar-refractivity contribution is 6.37. The van der Waals surface area contributed by atoms with Crippen LogP contribution < -0.4 is 5.43 Å². The second kappa shape index (κ2) is 7.01. The second-order valence-electron chi connectivity index (χ2n) is 5.25. The number of hydrazone groups is 1. The maximum absolute atomic E-state index is 12.2. The van der Waals surface area contributed by atoms with Gasteiger partial charge in [-0.3, -0.25) is 4.79 Å². The SMILES string of the molecule is O=C(NN=Cc1cc(Cl)c(O)c(Cl)c1)c1cc2ccccc2cc1O. The molecule has 126 valence electrons. The third kappa shape index (κ3) is 3.68. The van der Waals surface area contributed by atoms with E-state index in [1.807, 2.05) is 24.3 Å². The fourth-order valence-corrected chi connectivity index (χ4v) is 2.80. The summed E-state index contributed by atoms with van der Waals surface area (Å²) in [7, 11) is 0. The van der Waals surface area contributed by atoms with Gasteiger partial charge in [-0.05, 0) is 40.6 Å². The van der Waals surface area contributed by atoms with Gasteiger partial charge in [0.15, 0.2) is 5.75 Å². The number of hydrogen-bond acceptors (Lipinski definition) is 4. The summed E-state index contributed by atoms with van der Waals surface area (Å²) in [4.78, 5) is 12.2. The Kier molecular flexibility index (Phi) is 4.79. The number of phenols is 2. The molecule has 0 radical (unpaired) electrons. The summed E-state index contributed by atoms with van der Waals surface area (Å²) >= 11 is 11.6. The lowest BCUT2D eigenvalue weighted by atomic mass is 10.1. The van der Waals surface area contributed by atoms with E-state index in [0.717, 1.165) is 10.8 Å². The molecule has 0 aliphatic carbocycles. The molecule has 0 fully saturated rings. The van der Waals surface area contributed by atoms with Crippen molar-refractivity contribution in [2.75, 3.05) is 0 Å². The summed E-state index contributed by atoms with van der Waals surface area (Å²) in [5, 5.41) is 25.1. The lowest BCUT2D eigenvalue weighted by Crippen LogP contribution is -2.17. The monoisotopic (exact) mass is 374 g/mol. The molecule has 0 aromatic heterocycles. The normalized spacial score (nSPS) is 11.1. The highest BCUT2D eigenvalue weighted by Crippen LogP contribution is 2.32. The standard InChI is InChI=1S/C18H12Cl2N2O3/c19-14-5-10(6-15(20)17(14)24)9-21-22-18(25)13-7-11-3-1-2-4-12(11)8-16(13)23/h1-9,23-24H,(H,22,25). The minimum atomic E-state index is -0.560. The van der Waals surface area contributed by atoms with E-state index >= 15 is 0 Å². The summed E-state index contributed by atoms with van der Waals surface area (Å²) in [6.45, 7) is 0. The molecule has 1 amide bonds. The summed E-state index contributed by atoms with van der Waals surface area (Å²) in [5.74, 6) is -0.914. The number of carbonyl (C=O) groups is 1. The third-order valence-electron chi connectivity index (χ3n) is 3.53. The van der Waals surface area contributed by atoms with Crippen LogP contribution in [0, 0.1) is 0 Å². The Morgan fingerprint density at radius 1 is 1.00 bits per heavy atom. The quantitative estimate of drug-likeness (QED) is 0.471. The molecular weight excluding hydrogens is 363 g/mol. The zero-order valence-corrected chi connectivity index (χ0v) is 14.2. The predicted molar refractivity (Wildman–Crippen MR) is 98.8 cm³/mol. The molecule has 3 N–H and O–H groups in total. The van der Waals surface area contributed by atoms with E-state index in [4.69, 9.17) is 23.2 Å². The van der Waals surface area contributed by atoms with Crippen LogP contribution in [-0.4, -0.2) is 22.3 Å². The minimum Gasteiger partial charge on any atom is -0.507 e. The number of fused-ring (bicyclic) bond motifs is 1. The molecule has 7 heteroatoms. The van der Waals surface area contributed by atoms with Crippen molar-refractivity contribution in [3.05, 3.63) is 69.7 Å². The van der Waals surface area contributed by atoms with Gasteiger partial charge in [0.2, 0.25) is 0 Å². The molecule has 0 saturated carbocycles. The zero-order valence-electron chi connectivity index (χ0n) is 12.7. The molecule has 5 nitrogen and oxygen atoms in total. The van der Waals surface area contributed by atoms with Gasteiger partial charge < -0.3 is 10.2 Å². The number of amides is 1. The van der Waals surface area contributed by atoms with Crippen LogP contribution in [0.1, 0.15) is 15.9 Å². The molecule has 0 heterocycles. The first-order valence-corrected chi connectivity index (χ1v) is 7.94. The van der Waals surface area contributed by atoms with Crippen LogP contribution in [0.2, 0.25) is 10.0 Å². The van der Waals surface area contributed by atoms with Crippen LogP contribution in [0.3, 0.4) is 0 Å². The van der Waals surface area contributed by atoms with Crippen LogP contribution in [0.15, 0.2) is 53.6 Å². The van der Waals surface area contributed by atoms with Crippen molar-refractivity contribution in [2.45, 2.75) is 0 Å². The van der Waals surface area contributed by atoms with Crippen molar-refractivity contribution in [1.29, 1.82) is 0 Å². The largest absolute Gasteiger partial charge is 0.507 e. The van der Waals surface area contributed by atoms with Crippen LogP contribution >= 0.6 is 23.2 Å². The maximum Gasteiger partial charge on any atom is 0.275 e. The molecule has 3 rings (SSSR count). The number of benzene rings is 3. The van der Waals surface area contributed by atoms with E-state index in [-0.39, 0.29) is 27.1 Å². The van der Waals surface area contributed by atoms with Crippen molar-refractivity contribution >= 4 is 46.1 Å². The van der Waals surface area contributed by atoms with Crippen molar-refractivity contribution in [3.8, 4) is 11.5 Å². The molecule has 0 saturated heterocycles. The van der Waals surface area contributed by atoms with Crippen LogP contribution in [0.25, 0.3) is 10.8 Å². The van der Waals surface area contributed by atoms with Gasteiger partial charge in [0.05, 0.1) is 21.8 Å². The van der Waals surface area contributed by atoms with Crippen LogP contribution in [0.4, 0.5) is 0 Å². The molecule has 25 heavy (non-hydrogen) atoms. The summed E-state index contributed by atoms with van der Waals surface area (Å²) < 4.78 is 0. The molecule has 0 aliphatic rings. The Bertz CT molecular complexity index is 980. The second-order valence-corrected chi connectivity index (χ2v) is 6.06. The Balaban J connectivity index is 1.80. The number of rotatable bonds is 3. The van der Waals surface area contributed by atoms with Gasteiger partial charge >= 0.3 is 0 Å². The molecule has 0 unspecified atom stereocenters. The molecule has 0 bridgehead atoms. The van der Waals surface area contributed by atoms with Gasteiger partial charge in [-0.2, -0.15) is 5.10 Å². The molecular formula is C18H12Cl2N2O3. The lowest BCUT2D eigenvalue weighted by Gasteiger charge is -2.06. The van der Waals surface area contributed by atoms with Crippen molar-refractivity contribution in [2.24, 2.45) is 5.10 Å². The lowest BCUT2D eigenvalue weighted by molar-refractivity contribution is 0.0952. The fourth-order valence-electron chi connectivity index (χ4n) is 2.30. The van der Waals surface area contributed by atoms with Crippen molar-refractivity contribution in [1.82, 2.24) is 5.43 Å². The summed E-state index contributed by atoms with van der Waals surface area (Å²) in [6.07, 6.45) is 1.33.